The van der Waals surface area contributed by atoms with Gasteiger partial charge in [0.05, 0.1) is 6.61 Å². The van der Waals surface area contributed by atoms with Gasteiger partial charge < -0.3 is 4.74 Å². The third kappa shape index (κ3) is 5.51. The van der Waals surface area contributed by atoms with Gasteiger partial charge in [-0.25, -0.2) is 4.79 Å². The van der Waals surface area contributed by atoms with Gasteiger partial charge in [0.25, 0.3) is 0 Å². The standard InChI is InChI=1S/C10H12.C7H10O2.C3H6/c1-8-6-9-4-2-3-5-10(9)7-8;1-5-3-4-9-7(8)6(5)2;1-3-2/h2-5,8H,6-7H2,1H3;3-4H2,1-2H3;3H,1H2,2H3. The van der Waals surface area contributed by atoms with Gasteiger partial charge in [-0.3, -0.25) is 0 Å². The minimum atomic E-state index is -0.154. The predicted molar refractivity (Wildman–Crippen MR) is 92.8 cm³/mol. The summed E-state index contributed by atoms with van der Waals surface area (Å²) in [5.74, 6) is 0.719. The maximum absolute atomic E-state index is 10.7. The zero-order valence-corrected chi connectivity index (χ0v) is 14.3. The summed E-state index contributed by atoms with van der Waals surface area (Å²) in [6.07, 6.45) is 5.23. The highest BCUT2D eigenvalue weighted by Gasteiger charge is 2.15. The fourth-order valence-corrected chi connectivity index (χ4v) is 2.55. The number of cyclic esters (lactones) is 1. The van der Waals surface area contributed by atoms with E-state index in [0.29, 0.717) is 6.61 Å². The molecule has 0 spiro atoms. The fourth-order valence-electron chi connectivity index (χ4n) is 2.55. The Morgan fingerprint density at radius 3 is 2.09 bits per heavy atom. The number of rotatable bonds is 0. The zero-order valence-electron chi connectivity index (χ0n) is 14.3. The van der Waals surface area contributed by atoms with Crippen molar-refractivity contribution in [3.63, 3.8) is 0 Å². The van der Waals surface area contributed by atoms with Gasteiger partial charge in [-0.2, -0.15) is 0 Å². The molecule has 2 heteroatoms. The van der Waals surface area contributed by atoms with Crippen molar-refractivity contribution in [2.24, 2.45) is 5.92 Å². The van der Waals surface area contributed by atoms with Crippen molar-refractivity contribution in [3.8, 4) is 0 Å². The van der Waals surface area contributed by atoms with E-state index in [1.165, 1.54) is 12.8 Å². The quantitative estimate of drug-likeness (QED) is 0.504. The number of benzene rings is 1. The summed E-state index contributed by atoms with van der Waals surface area (Å²) in [5.41, 5.74) is 5.07. The Hall–Kier alpha value is -1.83. The molecule has 0 bridgehead atoms. The van der Waals surface area contributed by atoms with Gasteiger partial charge in [-0.05, 0) is 50.7 Å². The van der Waals surface area contributed by atoms with Crippen LogP contribution in [0.2, 0.25) is 0 Å². The lowest BCUT2D eigenvalue weighted by Gasteiger charge is -2.13. The van der Waals surface area contributed by atoms with E-state index in [2.05, 4.69) is 37.8 Å². The third-order valence-corrected chi connectivity index (χ3v) is 3.91. The zero-order chi connectivity index (χ0) is 16.5. The maximum Gasteiger partial charge on any atom is 0.333 e. The first-order valence-corrected chi connectivity index (χ1v) is 7.96. The Bertz CT molecular complexity index is 515. The molecule has 120 valence electrons. The van der Waals surface area contributed by atoms with Crippen molar-refractivity contribution in [1.29, 1.82) is 0 Å². The number of ether oxygens (including phenoxy) is 1. The van der Waals surface area contributed by atoms with Crippen LogP contribution < -0.4 is 0 Å². The van der Waals surface area contributed by atoms with Crippen LogP contribution >= 0.6 is 0 Å². The Morgan fingerprint density at radius 2 is 1.68 bits per heavy atom. The molecule has 0 saturated heterocycles. The molecule has 22 heavy (non-hydrogen) atoms. The van der Waals surface area contributed by atoms with Crippen LogP contribution in [0.25, 0.3) is 0 Å². The molecular formula is C20H28O2. The minimum Gasteiger partial charge on any atom is -0.462 e. The van der Waals surface area contributed by atoms with Crippen LogP contribution in [-0.2, 0) is 22.4 Å². The lowest BCUT2D eigenvalue weighted by Crippen LogP contribution is -2.14. The largest absolute Gasteiger partial charge is 0.462 e. The van der Waals surface area contributed by atoms with Crippen LogP contribution in [0.4, 0.5) is 0 Å². The molecule has 0 radical (unpaired) electrons. The van der Waals surface area contributed by atoms with E-state index in [1.807, 2.05) is 13.8 Å². The van der Waals surface area contributed by atoms with Crippen molar-refractivity contribution in [2.75, 3.05) is 6.61 Å². The molecule has 1 aromatic rings. The highest BCUT2D eigenvalue weighted by molar-refractivity contribution is 5.89. The summed E-state index contributed by atoms with van der Waals surface area (Å²) in [6, 6.07) is 8.77. The lowest BCUT2D eigenvalue weighted by atomic mass is 10.1. The van der Waals surface area contributed by atoms with E-state index in [4.69, 9.17) is 4.74 Å². The Morgan fingerprint density at radius 1 is 1.18 bits per heavy atom. The summed E-state index contributed by atoms with van der Waals surface area (Å²) < 4.78 is 4.76. The van der Waals surface area contributed by atoms with E-state index in [9.17, 15) is 4.79 Å². The van der Waals surface area contributed by atoms with E-state index >= 15 is 0 Å². The number of carbonyl (C=O) groups excluding carboxylic acids is 1. The van der Waals surface area contributed by atoms with Gasteiger partial charge in [-0.1, -0.05) is 42.8 Å². The van der Waals surface area contributed by atoms with Crippen molar-refractivity contribution in [3.05, 3.63) is 59.2 Å². The van der Waals surface area contributed by atoms with Crippen LogP contribution in [0.3, 0.4) is 0 Å². The first-order valence-electron chi connectivity index (χ1n) is 7.96. The molecule has 2 nitrogen and oxygen atoms in total. The van der Waals surface area contributed by atoms with Gasteiger partial charge in [0.1, 0.15) is 0 Å². The summed E-state index contributed by atoms with van der Waals surface area (Å²) in [5, 5.41) is 0. The predicted octanol–water partition coefficient (Wildman–Crippen LogP) is 4.88. The molecule has 0 amide bonds. The van der Waals surface area contributed by atoms with Gasteiger partial charge in [-0.15, -0.1) is 6.58 Å². The molecule has 0 fully saturated rings. The second-order valence-electron chi connectivity index (χ2n) is 5.98. The summed E-state index contributed by atoms with van der Waals surface area (Å²) >= 11 is 0. The molecule has 0 atom stereocenters. The Labute approximate surface area is 134 Å². The number of hydrogen-bond donors (Lipinski definition) is 0. The third-order valence-electron chi connectivity index (χ3n) is 3.91. The average Bonchev–Trinajstić information content (AvgIpc) is 2.86. The first-order chi connectivity index (χ1) is 10.5. The van der Waals surface area contributed by atoms with Crippen molar-refractivity contribution in [2.45, 2.75) is 47.0 Å². The average molecular weight is 300 g/mol. The number of carbonyl (C=O) groups is 1. The van der Waals surface area contributed by atoms with E-state index < -0.39 is 0 Å². The Balaban J connectivity index is 0.000000189. The highest BCUT2D eigenvalue weighted by Crippen LogP contribution is 2.25. The highest BCUT2D eigenvalue weighted by atomic mass is 16.5. The van der Waals surface area contributed by atoms with Gasteiger partial charge in [0.2, 0.25) is 0 Å². The minimum absolute atomic E-state index is 0.154. The number of allylic oxidation sites excluding steroid dienone is 1. The summed E-state index contributed by atoms with van der Waals surface area (Å²) in [7, 11) is 0. The van der Waals surface area contributed by atoms with Crippen LogP contribution in [0, 0.1) is 5.92 Å². The molecule has 0 aromatic heterocycles. The molecule has 0 N–H and O–H groups in total. The van der Waals surface area contributed by atoms with Crippen LogP contribution in [0.15, 0.2) is 48.1 Å². The molecular weight excluding hydrogens is 272 g/mol. The SMILES string of the molecule is C=CC.CC1=C(C)C(=O)OCC1.CC1Cc2ccccc2C1. The first kappa shape index (κ1) is 18.2. The summed E-state index contributed by atoms with van der Waals surface area (Å²) in [4.78, 5) is 10.7. The lowest BCUT2D eigenvalue weighted by molar-refractivity contribution is -0.139. The summed E-state index contributed by atoms with van der Waals surface area (Å²) in [6.45, 7) is 11.9. The molecule has 2 aliphatic rings. The van der Waals surface area contributed by atoms with E-state index in [0.717, 1.165) is 23.5 Å². The van der Waals surface area contributed by atoms with Crippen molar-refractivity contribution >= 4 is 5.97 Å². The number of esters is 1. The molecule has 0 saturated carbocycles. The van der Waals surface area contributed by atoms with Gasteiger partial charge in [0, 0.05) is 12.0 Å². The maximum atomic E-state index is 10.7. The fraction of sp³-hybridized carbons (Fsp3) is 0.450. The van der Waals surface area contributed by atoms with Crippen LogP contribution in [-0.4, -0.2) is 12.6 Å². The number of hydrogen-bond acceptors (Lipinski definition) is 2. The smallest absolute Gasteiger partial charge is 0.333 e. The van der Waals surface area contributed by atoms with E-state index in [1.54, 1.807) is 24.1 Å². The van der Waals surface area contributed by atoms with Crippen LogP contribution in [0.5, 0.6) is 0 Å². The number of fused-ring (bicyclic) bond motifs is 1. The molecule has 1 aliphatic heterocycles. The molecule has 0 unspecified atom stereocenters. The van der Waals surface area contributed by atoms with Crippen molar-refractivity contribution < 1.29 is 9.53 Å². The van der Waals surface area contributed by atoms with Crippen LogP contribution in [0.1, 0.15) is 45.2 Å². The topological polar surface area (TPSA) is 26.3 Å². The van der Waals surface area contributed by atoms with E-state index in [-0.39, 0.29) is 5.97 Å². The molecule has 3 rings (SSSR count). The second kappa shape index (κ2) is 9.24. The second-order valence-corrected chi connectivity index (χ2v) is 5.98. The normalized spacial score (nSPS) is 16.6. The monoisotopic (exact) mass is 300 g/mol. The van der Waals surface area contributed by atoms with Crippen molar-refractivity contribution in [1.82, 2.24) is 0 Å². The van der Waals surface area contributed by atoms with Gasteiger partial charge >= 0.3 is 5.97 Å². The Kier molecular flexibility index (Phi) is 7.65. The van der Waals surface area contributed by atoms with Gasteiger partial charge in [0.15, 0.2) is 0 Å². The molecule has 1 aromatic carbocycles. The molecule has 1 heterocycles. The molecule has 1 aliphatic carbocycles.